The van der Waals surface area contributed by atoms with Crippen LogP contribution in [0.5, 0.6) is 0 Å². The third kappa shape index (κ3) is 3.33. The molecule has 0 saturated heterocycles. The number of nitrogens with one attached hydrogen (secondary N) is 3. The second kappa shape index (κ2) is 7.04. The van der Waals surface area contributed by atoms with Crippen LogP contribution in [-0.2, 0) is 24.1 Å². The van der Waals surface area contributed by atoms with E-state index < -0.39 is 0 Å². The summed E-state index contributed by atoms with van der Waals surface area (Å²) in [5.41, 5.74) is 10.1. The van der Waals surface area contributed by atoms with Crippen LogP contribution in [0.2, 0.25) is 0 Å². The Balaban J connectivity index is 1.37. The number of carbonyl (C=O) groups excluding carboxylic acids is 2. The van der Waals surface area contributed by atoms with Gasteiger partial charge in [-0.3, -0.25) is 20.4 Å². The van der Waals surface area contributed by atoms with E-state index in [9.17, 15) is 9.59 Å². The van der Waals surface area contributed by atoms with Gasteiger partial charge in [-0.15, -0.1) is 0 Å². The Bertz CT molecular complexity index is 974. The normalized spacial score (nSPS) is 13.2. The van der Waals surface area contributed by atoms with Crippen molar-refractivity contribution in [3.05, 3.63) is 70.9 Å². The van der Waals surface area contributed by atoms with Crippen LogP contribution in [0.25, 0.3) is 10.9 Å². The Morgan fingerprint density at radius 3 is 2.65 bits per heavy atom. The number of aromatic amines is 1. The van der Waals surface area contributed by atoms with Crippen molar-refractivity contribution in [2.45, 2.75) is 32.1 Å². The lowest BCUT2D eigenvalue weighted by molar-refractivity contribution is -0.121. The molecule has 1 aliphatic rings. The summed E-state index contributed by atoms with van der Waals surface area (Å²) < 4.78 is 0. The van der Waals surface area contributed by atoms with Crippen LogP contribution in [0.3, 0.4) is 0 Å². The number of hydrazine groups is 1. The summed E-state index contributed by atoms with van der Waals surface area (Å²) in [5.74, 6) is -0.560. The van der Waals surface area contributed by atoms with Gasteiger partial charge >= 0.3 is 0 Å². The van der Waals surface area contributed by atoms with E-state index in [1.54, 1.807) is 6.20 Å². The fourth-order valence-corrected chi connectivity index (χ4v) is 3.58. The highest BCUT2D eigenvalue weighted by Crippen LogP contribution is 2.22. The minimum Gasteiger partial charge on any atom is -0.360 e. The second-order valence-electron chi connectivity index (χ2n) is 6.74. The number of carbonyl (C=O) groups is 2. The Hall–Kier alpha value is -3.08. The van der Waals surface area contributed by atoms with Crippen molar-refractivity contribution in [1.82, 2.24) is 15.8 Å². The molecular formula is C21H21N3O2. The highest BCUT2D eigenvalue weighted by Gasteiger charge is 2.14. The highest BCUT2D eigenvalue weighted by molar-refractivity contribution is 6.07. The second-order valence-corrected chi connectivity index (χ2v) is 6.74. The molecule has 1 aromatic heterocycles. The maximum Gasteiger partial charge on any atom is 0.271 e. The summed E-state index contributed by atoms with van der Waals surface area (Å²) in [7, 11) is 0. The first-order valence-corrected chi connectivity index (χ1v) is 8.97. The Morgan fingerprint density at radius 2 is 1.77 bits per heavy atom. The van der Waals surface area contributed by atoms with Gasteiger partial charge in [0.1, 0.15) is 0 Å². The molecule has 3 aromatic rings. The number of aromatic nitrogens is 1. The zero-order valence-corrected chi connectivity index (χ0v) is 14.5. The molecule has 2 amide bonds. The zero-order chi connectivity index (χ0) is 17.9. The Labute approximate surface area is 151 Å². The number of H-pyrrole nitrogens is 1. The number of fused-ring (bicyclic) bond motifs is 2. The van der Waals surface area contributed by atoms with Gasteiger partial charge in [0.05, 0.1) is 12.0 Å². The first-order valence-electron chi connectivity index (χ1n) is 8.97. The summed E-state index contributed by atoms with van der Waals surface area (Å²) in [6.45, 7) is 0. The van der Waals surface area contributed by atoms with E-state index in [0.29, 0.717) is 5.56 Å². The van der Waals surface area contributed by atoms with Gasteiger partial charge in [-0.05, 0) is 48.4 Å². The van der Waals surface area contributed by atoms with Crippen molar-refractivity contribution in [1.29, 1.82) is 0 Å². The molecule has 0 radical (unpaired) electrons. The van der Waals surface area contributed by atoms with E-state index in [1.165, 1.54) is 24.0 Å². The first kappa shape index (κ1) is 16.4. The fraction of sp³-hybridized carbons (Fsp3) is 0.238. The van der Waals surface area contributed by atoms with Crippen molar-refractivity contribution in [2.24, 2.45) is 0 Å². The topological polar surface area (TPSA) is 74.0 Å². The third-order valence-electron chi connectivity index (χ3n) is 4.93. The molecule has 0 spiro atoms. The monoisotopic (exact) mass is 347 g/mol. The maximum absolute atomic E-state index is 12.3. The standard InChI is InChI=1S/C21H21N3O2/c25-20(12-14-9-10-15-5-1-2-6-16(15)11-14)23-24-21(26)18-13-22-19-8-4-3-7-17(18)19/h3-4,7-11,13,22H,1-2,5-6,12H2,(H,23,25)(H,24,26). The molecular weight excluding hydrogens is 326 g/mol. The number of aryl methyl sites for hydroxylation is 2. The van der Waals surface area contributed by atoms with Crippen molar-refractivity contribution >= 4 is 22.7 Å². The molecule has 0 fully saturated rings. The van der Waals surface area contributed by atoms with Gasteiger partial charge in [0, 0.05) is 17.1 Å². The number of hydrogen-bond acceptors (Lipinski definition) is 2. The average Bonchev–Trinajstić information content (AvgIpc) is 3.10. The number of rotatable bonds is 3. The Kier molecular flexibility index (Phi) is 4.44. The summed E-state index contributed by atoms with van der Waals surface area (Å²) >= 11 is 0. The summed E-state index contributed by atoms with van der Waals surface area (Å²) in [6.07, 6.45) is 6.57. The van der Waals surface area contributed by atoms with Crippen LogP contribution in [0.4, 0.5) is 0 Å². The van der Waals surface area contributed by atoms with Crippen molar-refractivity contribution in [3.63, 3.8) is 0 Å². The Morgan fingerprint density at radius 1 is 0.962 bits per heavy atom. The molecule has 5 heteroatoms. The third-order valence-corrected chi connectivity index (χ3v) is 4.93. The van der Waals surface area contributed by atoms with Crippen LogP contribution < -0.4 is 10.9 Å². The van der Waals surface area contributed by atoms with Gasteiger partial charge < -0.3 is 4.98 Å². The molecule has 0 aliphatic heterocycles. The minimum absolute atomic E-state index is 0.228. The average molecular weight is 347 g/mol. The fourth-order valence-electron chi connectivity index (χ4n) is 3.58. The number of amides is 2. The van der Waals surface area contributed by atoms with Gasteiger partial charge in [0.25, 0.3) is 5.91 Å². The number of benzene rings is 2. The minimum atomic E-state index is -0.332. The SMILES string of the molecule is O=C(Cc1ccc2c(c1)CCCC2)NNC(=O)c1c[nH]c2ccccc12. The molecule has 132 valence electrons. The summed E-state index contributed by atoms with van der Waals surface area (Å²) in [5, 5.41) is 0.828. The zero-order valence-electron chi connectivity index (χ0n) is 14.5. The van der Waals surface area contributed by atoms with Crippen LogP contribution in [0.15, 0.2) is 48.7 Å². The lowest BCUT2D eigenvalue weighted by Gasteiger charge is -2.16. The molecule has 5 nitrogen and oxygen atoms in total. The van der Waals surface area contributed by atoms with Crippen molar-refractivity contribution in [3.8, 4) is 0 Å². The first-order chi connectivity index (χ1) is 12.7. The van der Waals surface area contributed by atoms with Crippen LogP contribution in [0, 0.1) is 0 Å². The van der Waals surface area contributed by atoms with E-state index in [1.807, 2.05) is 30.3 Å². The van der Waals surface area contributed by atoms with Crippen LogP contribution in [-0.4, -0.2) is 16.8 Å². The molecule has 0 bridgehead atoms. The predicted molar refractivity (Wildman–Crippen MR) is 101 cm³/mol. The smallest absolute Gasteiger partial charge is 0.271 e. The molecule has 1 aliphatic carbocycles. The largest absolute Gasteiger partial charge is 0.360 e. The van der Waals surface area contributed by atoms with Gasteiger partial charge in [0.15, 0.2) is 0 Å². The van der Waals surface area contributed by atoms with Gasteiger partial charge in [-0.25, -0.2) is 0 Å². The lowest BCUT2D eigenvalue weighted by Crippen LogP contribution is -2.42. The van der Waals surface area contributed by atoms with E-state index in [-0.39, 0.29) is 18.2 Å². The number of para-hydroxylation sites is 1. The quantitative estimate of drug-likeness (QED) is 0.637. The van der Waals surface area contributed by atoms with Crippen molar-refractivity contribution in [2.75, 3.05) is 0 Å². The highest BCUT2D eigenvalue weighted by atomic mass is 16.2. The van der Waals surface area contributed by atoms with Gasteiger partial charge in [-0.1, -0.05) is 36.4 Å². The van der Waals surface area contributed by atoms with Crippen LogP contribution >= 0.6 is 0 Å². The molecule has 0 saturated carbocycles. The van der Waals surface area contributed by atoms with Gasteiger partial charge in [-0.2, -0.15) is 0 Å². The van der Waals surface area contributed by atoms with E-state index in [2.05, 4.69) is 28.0 Å². The summed E-state index contributed by atoms with van der Waals surface area (Å²) in [6, 6.07) is 13.8. The van der Waals surface area contributed by atoms with Crippen molar-refractivity contribution < 1.29 is 9.59 Å². The molecule has 3 N–H and O–H groups in total. The van der Waals surface area contributed by atoms with Gasteiger partial charge in [0.2, 0.25) is 5.91 Å². The maximum atomic E-state index is 12.3. The molecule has 2 aromatic carbocycles. The molecule has 0 atom stereocenters. The molecule has 4 rings (SSSR count). The van der Waals surface area contributed by atoms with E-state index in [4.69, 9.17) is 0 Å². The predicted octanol–water partition coefficient (Wildman–Crippen LogP) is 3.05. The van der Waals surface area contributed by atoms with Crippen LogP contribution in [0.1, 0.15) is 39.9 Å². The van der Waals surface area contributed by atoms with E-state index in [0.717, 1.165) is 29.3 Å². The molecule has 1 heterocycles. The number of hydrogen-bond donors (Lipinski definition) is 3. The summed E-state index contributed by atoms with van der Waals surface area (Å²) in [4.78, 5) is 27.6. The molecule has 26 heavy (non-hydrogen) atoms. The lowest BCUT2D eigenvalue weighted by atomic mass is 9.90. The molecule has 0 unspecified atom stereocenters. The van der Waals surface area contributed by atoms with E-state index >= 15 is 0 Å².